The summed E-state index contributed by atoms with van der Waals surface area (Å²) in [6.07, 6.45) is -9.45. The van der Waals surface area contributed by atoms with Gasteiger partial charge in [0.15, 0.2) is 0 Å². The van der Waals surface area contributed by atoms with E-state index in [0.29, 0.717) is 23.3 Å². The van der Waals surface area contributed by atoms with Crippen LogP contribution in [0.2, 0.25) is 0 Å². The molecule has 2 fully saturated rings. The van der Waals surface area contributed by atoms with E-state index in [9.17, 15) is 45.5 Å². The number of thiocarbonyl (C=S) groups is 2. The zero-order valence-electron chi connectivity index (χ0n) is 27.4. The first kappa shape index (κ1) is 37.7. The van der Waals surface area contributed by atoms with Crippen molar-refractivity contribution < 1.29 is 45.5 Å². The quantitative estimate of drug-likeness (QED) is 0.0623. The molecule has 2 aliphatic rings. The first-order chi connectivity index (χ1) is 25.6. The van der Waals surface area contributed by atoms with Crippen molar-refractivity contribution in [2.24, 2.45) is 0 Å². The van der Waals surface area contributed by atoms with Crippen LogP contribution in [0.15, 0.2) is 120 Å². The van der Waals surface area contributed by atoms with Gasteiger partial charge >= 0.3 is 24.2 Å². The van der Waals surface area contributed by atoms with Gasteiger partial charge in [0.25, 0.3) is 11.6 Å². The van der Waals surface area contributed by atoms with E-state index >= 15 is 0 Å². The standard InChI is InChI=1S/C38H24F6N4O4S2/c39-37(40,41)23-13-7-15-25(19-23)47-33(51)31(49)27(35(47)53)29(21-9-3-1-4-10-21)45-17-18-46-30(22-11-5-2-6-12-22)28-32(50)34(52)48(36(28)54)26-16-8-14-24(20-26)38(42,43)44/h1-16,19-20,45-46H,17-18H2/b29-27+,30-28+. The van der Waals surface area contributed by atoms with Gasteiger partial charge in [0.05, 0.1) is 45.0 Å². The summed E-state index contributed by atoms with van der Waals surface area (Å²) in [4.78, 5) is 54.2. The highest BCUT2D eigenvalue weighted by atomic mass is 32.1. The summed E-state index contributed by atoms with van der Waals surface area (Å²) in [5.41, 5.74) is -2.07. The van der Waals surface area contributed by atoms with Crippen molar-refractivity contribution in [1.82, 2.24) is 10.6 Å². The normalized spacial score (nSPS) is 17.1. The molecule has 0 radical (unpaired) electrons. The molecule has 4 aromatic carbocycles. The number of nitrogens with one attached hydrogen (secondary N) is 2. The number of hydrogen-bond acceptors (Lipinski definition) is 8. The van der Waals surface area contributed by atoms with Crippen molar-refractivity contribution in [3.8, 4) is 0 Å². The number of Topliss-reactive ketones (excluding diaryl/α,β-unsaturated/α-hetero) is 2. The number of alkyl halides is 6. The van der Waals surface area contributed by atoms with Crippen LogP contribution < -0.4 is 20.4 Å². The summed E-state index contributed by atoms with van der Waals surface area (Å²) >= 11 is 11.0. The fourth-order valence-corrected chi connectivity index (χ4v) is 6.59. The molecular formula is C38H24F6N4O4S2. The third-order valence-corrected chi connectivity index (χ3v) is 9.07. The number of benzene rings is 4. The van der Waals surface area contributed by atoms with E-state index in [0.717, 1.165) is 34.1 Å². The molecule has 0 aromatic heterocycles. The Hall–Kier alpha value is -6.00. The van der Waals surface area contributed by atoms with Gasteiger partial charge in [0, 0.05) is 13.1 Å². The topological polar surface area (TPSA) is 98.8 Å². The number of anilines is 2. The molecule has 0 atom stereocenters. The molecular weight excluding hydrogens is 755 g/mol. The number of rotatable bonds is 9. The summed E-state index contributed by atoms with van der Waals surface area (Å²) in [7, 11) is 0. The van der Waals surface area contributed by atoms with E-state index in [2.05, 4.69) is 10.6 Å². The first-order valence-corrected chi connectivity index (χ1v) is 16.7. The van der Waals surface area contributed by atoms with Crippen LogP contribution in [0, 0.1) is 0 Å². The first-order valence-electron chi connectivity index (χ1n) is 15.9. The average Bonchev–Trinajstić information content (AvgIpc) is 3.50. The van der Waals surface area contributed by atoms with Crippen molar-refractivity contribution in [1.29, 1.82) is 0 Å². The lowest BCUT2D eigenvalue weighted by molar-refractivity contribution is -0.138. The van der Waals surface area contributed by atoms with Gasteiger partial charge in [-0.25, -0.2) is 0 Å². The van der Waals surface area contributed by atoms with E-state index in [1.807, 2.05) is 0 Å². The molecule has 2 N–H and O–H groups in total. The van der Waals surface area contributed by atoms with Crippen molar-refractivity contribution >= 4 is 80.6 Å². The Bertz CT molecular complexity index is 2130. The Morgan fingerprint density at radius 3 is 1.20 bits per heavy atom. The summed E-state index contributed by atoms with van der Waals surface area (Å²) in [6, 6.07) is 24.2. The number of amides is 2. The molecule has 2 amide bonds. The second-order valence-electron chi connectivity index (χ2n) is 11.7. The monoisotopic (exact) mass is 778 g/mol. The van der Waals surface area contributed by atoms with Crippen molar-refractivity contribution in [2.45, 2.75) is 12.4 Å². The summed E-state index contributed by atoms with van der Waals surface area (Å²) in [5, 5.41) is 6.15. The van der Waals surface area contributed by atoms with Gasteiger partial charge in [0.2, 0.25) is 0 Å². The zero-order chi connectivity index (χ0) is 38.9. The van der Waals surface area contributed by atoms with E-state index in [-0.39, 0.29) is 57.0 Å². The molecule has 2 aliphatic heterocycles. The number of halogens is 6. The fraction of sp³-hybridized carbons (Fsp3) is 0.105. The molecule has 16 heteroatoms. The number of ketones is 2. The molecule has 0 unspecified atom stereocenters. The second-order valence-corrected chi connectivity index (χ2v) is 12.5. The lowest BCUT2D eigenvalue weighted by Gasteiger charge is -2.19. The Morgan fingerprint density at radius 1 is 0.519 bits per heavy atom. The van der Waals surface area contributed by atoms with Crippen LogP contribution >= 0.6 is 24.4 Å². The highest BCUT2D eigenvalue weighted by molar-refractivity contribution is 7.81. The number of nitrogens with zero attached hydrogens (tertiary/aromatic N) is 2. The highest BCUT2D eigenvalue weighted by Gasteiger charge is 2.45. The van der Waals surface area contributed by atoms with Gasteiger partial charge in [-0.3, -0.25) is 29.0 Å². The Labute approximate surface area is 313 Å². The van der Waals surface area contributed by atoms with Gasteiger partial charge < -0.3 is 10.6 Å². The minimum absolute atomic E-state index is 0.0305. The van der Waals surface area contributed by atoms with Gasteiger partial charge in [-0.15, -0.1) is 0 Å². The van der Waals surface area contributed by atoms with E-state index < -0.39 is 46.9 Å². The summed E-state index contributed by atoms with van der Waals surface area (Å²) < 4.78 is 80.9. The Morgan fingerprint density at radius 2 is 0.870 bits per heavy atom. The SMILES string of the molecule is O=C1C(=O)N(c2cccc(C(F)(F)F)c2)C(=S)/C1=C(/NCCN/C(=C1\C(=O)C(=O)N(c2cccc(C(F)(F)F)c2)C1=S)c1ccccc1)c1ccccc1. The van der Waals surface area contributed by atoms with Crippen LogP contribution in [-0.2, 0) is 31.5 Å². The lowest BCUT2D eigenvalue weighted by Crippen LogP contribution is -2.30. The molecule has 274 valence electrons. The third kappa shape index (κ3) is 7.30. The molecule has 0 saturated carbocycles. The van der Waals surface area contributed by atoms with Crippen LogP contribution in [-0.4, -0.2) is 46.4 Å². The number of carbonyl (C=O) groups excluding carboxylic acids is 4. The van der Waals surface area contributed by atoms with Crippen LogP contribution in [0.1, 0.15) is 22.3 Å². The fourth-order valence-electron chi connectivity index (χ4n) is 5.83. The molecule has 2 saturated heterocycles. The van der Waals surface area contributed by atoms with Crippen LogP contribution in [0.5, 0.6) is 0 Å². The van der Waals surface area contributed by atoms with Crippen LogP contribution in [0.4, 0.5) is 37.7 Å². The van der Waals surface area contributed by atoms with Crippen molar-refractivity contribution in [2.75, 3.05) is 22.9 Å². The highest BCUT2D eigenvalue weighted by Crippen LogP contribution is 2.36. The third-order valence-electron chi connectivity index (χ3n) is 8.30. The average molecular weight is 779 g/mol. The van der Waals surface area contributed by atoms with Gasteiger partial charge in [-0.05, 0) is 47.5 Å². The summed E-state index contributed by atoms with van der Waals surface area (Å²) in [5.74, 6) is -4.41. The second kappa shape index (κ2) is 14.8. The molecule has 6 rings (SSSR count). The smallest absolute Gasteiger partial charge is 0.382 e. The molecule has 0 aliphatic carbocycles. The molecule has 4 aromatic rings. The van der Waals surface area contributed by atoms with Gasteiger partial charge in [-0.2, -0.15) is 26.3 Å². The maximum Gasteiger partial charge on any atom is 0.416 e. The maximum absolute atomic E-state index is 13.5. The predicted molar refractivity (Wildman–Crippen MR) is 196 cm³/mol. The molecule has 8 nitrogen and oxygen atoms in total. The molecule has 2 heterocycles. The van der Waals surface area contributed by atoms with E-state index in [1.54, 1.807) is 60.7 Å². The lowest BCUT2D eigenvalue weighted by atomic mass is 10.0. The zero-order valence-corrected chi connectivity index (χ0v) is 29.1. The van der Waals surface area contributed by atoms with Gasteiger partial charge in [0.1, 0.15) is 9.98 Å². The number of hydrogen-bond donors (Lipinski definition) is 2. The van der Waals surface area contributed by atoms with E-state index in [4.69, 9.17) is 24.4 Å². The van der Waals surface area contributed by atoms with Gasteiger partial charge in [-0.1, -0.05) is 97.2 Å². The minimum Gasteiger partial charge on any atom is -0.382 e. The van der Waals surface area contributed by atoms with Crippen molar-refractivity contribution in [3.63, 3.8) is 0 Å². The Kier molecular flexibility index (Phi) is 10.3. The van der Waals surface area contributed by atoms with Crippen LogP contribution in [0.3, 0.4) is 0 Å². The predicted octanol–water partition coefficient (Wildman–Crippen LogP) is 6.91. The summed E-state index contributed by atoms with van der Waals surface area (Å²) in [6.45, 7) is -0.0611. The van der Waals surface area contributed by atoms with Crippen LogP contribution in [0.25, 0.3) is 11.4 Å². The van der Waals surface area contributed by atoms with E-state index in [1.165, 1.54) is 12.1 Å². The van der Waals surface area contributed by atoms with Crippen molar-refractivity contribution in [3.05, 3.63) is 143 Å². The largest absolute Gasteiger partial charge is 0.416 e. The minimum atomic E-state index is -4.72. The maximum atomic E-state index is 13.5. The number of carbonyl (C=O) groups is 4. The molecule has 54 heavy (non-hydrogen) atoms. The molecule has 0 spiro atoms. The molecule has 0 bridgehead atoms. The Balaban J connectivity index is 1.32.